The Hall–Kier alpha value is 0.440. The van der Waals surface area contributed by atoms with E-state index in [1.807, 2.05) is 0 Å². The van der Waals surface area contributed by atoms with E-state index in [2.05, 4.69) is 34.8 Å². The molecule has 0 radical (unpaired) electrons. The van der Waals surface area contributed by atoms with E-state index in [4.69, 9.17) is 0 Å². The van der Waals surface area contributed by atoms with Crippen LogP contribution < -0.4 is 0 Å². The minimum Gasteiger partial charge on any atom is -0.306 e. The van der Waals surface area contributed by atoms with Gasteiger partial charge >= 0.3 is 0 Å². The summed E-state index contributed by atoms with van der Waals surface area (Å²) in [6.45, 7) is 4.82. The summed E-state index contributed by atoms with van der Waals surface area (Å²) < 4.78 is 0. The number of halogens is 1. The lowest BCUT2D eigenvalue weighted by Crippen LogP contribution is -2.32. The second-order valence-electron chi connectivity index (χ2n) is 3.32. The Bertz CT molecular complexity index is 95.4. The summed E-state index contributed by atoms with van der Waals surface area (Å²) in [7, 11) is 2.20. The number of nitrogens with zero attached hydrogens (tertiary/aromatic N) is 1. The zero-order valence-electron chi connectivity index (χ0n) is 6.81. The Labute approximate surface area is 71.9 Å². The Morgan fingerprint density at radius 3 is 2.30 bits per heavy atom. The number of piperidine rings is 1. The van der Waals surface area contributed by atoms with E-state index >= 15 is 0 Å². The molecule has 1 fully saturated rings. The summed E-state index contributed by atoms with van der Waals surface area (Å²) >= 11 is 3.64. The van der Waals surface area contributed by atoms with Crippen molar-refractivity contribution in [1.29, 1.82) is 0 Å². The summed E-state index contributed by atoms with van der Waals surface area (Å²) in [5, 5.41) is 0. The van der Waals surface area contributed by atoms with Crippen molar-refractivity contribution in [2.45, 2.75) is 24.6 Å². The molecule has 1 aliphatic heterocycles. The van der Waals surface area contributed by atoms with Crippen molar-refractivity contribution in [2.75, 3.05) is 20.1 Å². The first-order chi connectivity index (χ1) is 4.70. The van der Waals surface area contributed by atoms with Gasteiger partial charge in [0.05, 0.1) is 0 Å². The van der Waals surface area contributed by atoms with Gasteiger partial charge in [-0.15, -0.1) is 0 Å². The minimum absolute atomic E-state index is 0.709. The maximum atomic E-state index is 3.64. The number of hydrogen-bond donors (Lipinski definition) is 0. The van der Waals surface area contributed by atoms with E-state index in [-0.39, 0.29) is 0 Å². The first-order valence-corrected chi connectivity index (χ1v) is 4.94. The van der Waals surface area contributed by atoms with Gasteiger partial charge < -0.3 is 4.90 Å². The lowest BCUT2D eigenvalue weighted by molar-refractivity contribution is 0.220. The molecule has 1 heterocycles. The van der Waals surface area contributed by atoms with Crippen LogP contribution in [0.1, 0.15) is 19.8 Å². The van der Waals surface area contributed by atoms with Crippen LogP contribution in [0.25, 0.3) is 0 Å². The third-order valence-corrected chi connectivity index (χ3v) is 3.16. The highest BCUT2D eigenvalue weighted by Crippen LogP contribution is 2.23. The van der Waals surface area contributed by atoms with Crippen LogP contribution in [0.5, 0.6) is 0 Å². The summed E-state index contributed by atoms with van der Waals surface area (Å²) in [5.74, 6) is 0.913. The van der Waals surface area contributed by atoms with Crippen molar-refractivity contribution in [3.8, 4) is 0 Å². The molecule has 0 aliphatic carbocycles. The van der Waals surface area contributed by atoms with Crippen LogP contribution in [-0.4, -0.2) is 29.9 Å². The van der Waals surface area contributed by atoms with Gasteiger partial charge in [-0.25, -0.2) is 0 Å². The molecule has 0 aromatic heterocycles. The van der Waals surface area contributed by atoms with Gasteiger partial charge in [0.25, 0.3) is 0 Å². The average molecular weight is 206 g/mol. The van der Waals surface area contributed by atoms with Crippen LogP contribution in [0.4, 0.5) is 0 Å². The van der Waals surface area contributed by atoms with Crippen LogP contribution in [0.2, 0.25) is 0 Å². The Balaban J connectivity index is 2.26. The molecule has 0 aromatic rings. The average Bonchev–Trinajstić information content (AvgIpc) is 1.88. The van der Waals surface area contributed by atoms with Gasteiger partial charge in [-0.05, 0) is 38.9 Å². The molecule has 0 saturated carbocycles. The quantitative estimate of drug-likeness (QED) is 0.594. The number of alkyl halides is 1. The van der Waals surface area contributed by atoms with Crippen molar-refractivity contribution in [1.82, 2.24) is 4.90 Å². The standard InChI is InChI=1S/C8H16BrN/c1-7(9)8-3-5-10(2)6-4-8/h7-8H,3-6H2,1-2H3. The molecular weight excluding hydrogens is 190 g/mol. The molecule has 1 aliphatic rings. The lowest BCUT2D eigenvalue weighted by atomic mass is 9.95. The third-order valence-electron chi connectivity index (χ3n) is 2.41. The van der Waals surface area contributed by atoms with Gasteiger partial charge in [0.15, 0.2) is 0 Å². The molecule has 1 rings (SSSR count). The second-order valence-corrected chi connectivity index (χ2v) is 4.76. The van der Waals surface area contributed by atoms with E-state index in [1.165, 1.54) is 25.9 Å². The zero-order valence-corrected chi connectivity index (χ0v) is 8.39. The van der Waals surface area contributed by atoms with Crippen molar-refractivity contribution in [3.63, 3.8) is 0 Å². The fraction of sp³-hybridized carbons (Fsp3) is 1.00. The van der Waals surface area contributed by atoms with Crippen molar-refractivity contribution in [3.05, 3.63) is 0 Å². The molecule has 0 amide bonds. The molecule has 1 nitrogen and oxygen atoms in total. The zero-order chi connectivity index (χ0) is 7.56. The topological polar surface area (TPSA) is 3.24 Å². The predicted octanol–water partition coefficient (Wildman–Crippen LogP) is 2.11. The maximum absolute atomic E-state index is 3.64. The van der Waals surface area contributed by atoms with Gasteiger partial charge in [-0.1, -0.05) is 22.9 Å². The Morgan fingerprint density at radius 2 is 1.90 bits per heavy atom. The molecule has 1 unspecified atom stereocenters. The largest absolute Gasteiger partial charge is 0.306 e. The fourth-order valence-corrected chi connectivity index (χ4v) is 2.02. The van der Waals surface area contributed by atoms with Gasteiger partial charge in [-0.2, -0.15) is 0 Å². The minimum atomic E-state index is 0.709. The van der Waals surface area contributed by atoms with E-state index in [0.29, 0.717) is 4.83 Å². The Morgan fingerprint density at radius 1 is 1.40 bits per heavy atom. The first-order valence-electron chi connectivity index (χ1n) is 4.03. The monoisotopic (exact) mass is 205 g/mol. The number of rotatable bonds is 1. The summed E-state index contributed by atoms with van der Waals surface area (Å²) in [5.41, 5.74) is 0. The molecule has 0 bridgehead atoms. The molecule has 2 heteroatoms. The molecule has 1 saturated heterocycles. The molecular formula is C8H16BrN. The smallest absolute Gasteiger partial charge is 0.0146 e. The second kappa shape index (κ2) is 3.72. The highest BCUT2D eigenvalue weighted by Gasteiger charge is 2.19. The lowest BCUT2D eigenvalue weighted by Gasteiger charge is -2.30. The highest BCUT2D eigenvalue weighted by molar-refractivity contribution is 9.09. The number of likely N-dealkylation sites (tertiary alicyclic amines) is 1. The van der Waals surface area contributed by atoms with E-state index in [1.54, 1.807) is 0 Å². The SMILES string of the molecule is CC(Br)C1CCN(C)CC1. The predicted molar refractivity (Wildman–Crippen MR) is 48.6 cm³/mol. The molecule has 60 valence electrons. The highest BCUT2D eigenvalue weighted by atomic mass is 79.9. The molecule has 1 atom stereocenters. The van der Waals surface area contributed by atoms with Crippen molar-refractivity contribution in [2.24, 2.45) is 5.92 Å². The van der Waals surface area contributed by atoms with Crippen molar-refractivity contribution < 1.29 is 0 Å². The first kappa shape index (κ1) is 8.54. The van der Waals surface area contributed by atoms with Gasteiger partial charge in [-0.3, -0.25) is 0 Å². The van der Waals surface area contributed by atoms with Crippen LogP contribution in [0.15, 0.2) is 0 Å². The van der Waals surface area contributed by atoms with Gasteiger partial charge in [0.2, 0.25) is 0 Å². The normalized spacial score (nSPS) is 26.7. The molecule has 0 spiro atoms. The molecule has 0 N–H and O–H groups in total. The van der Waals surface area contributed by atoms with Crippen LogP contribution in [0, 0.1) is 5.92 Å². The van der Waals surface area contributed by atoms with E-state index < -0.39 is 0 Å². The summed E-state index contributed by atoms with van der Waals surface area (Å²) in [6.07, 6.45) is 2.73. The van der Waals surface area contributed by atoms with Crippen LogP contribution in [-0.2, 0) is 0 Å². The Kier molecular flexibility index (Phi) is 3.18. The maximum Gasteiger partial charge on any atom is 0.0146 e. The van der Waals surface area contributed by atoms with E-state index in [9.17, 15) is 0 Å². The van der Waals surface area contributed by atoms with Crippen LogP contribution >= 0.6 is 15.9 Å². The summed E-state index contributed by atoms with van der Waals surface area (Å²) in [6, 6.07) is 0. The fourth-order valence-electron chi connectivity index (χ4n) is 1.49. The summed E-state index contributed by atoms with van der Waals surface area (Å²) in [4.78, 5) is 3.12. The van der Waals surface area contributed by atoms with E-state index in [0.717, 1.165) is 5.92 Å². The van der Waals surface area contributed by atoms with Crippen molar-refractivity contribution >= 4 is 15.9 Å². The molecule has 10 heavy (non-hydrogen) atoms. The number of hydrogen-bond acceptors (Lipinski definition) is 1. The molecule has 0 aromatic carbocycles. The third kappa shape index (κ3) is 2.24. The van der Waals surface area contributed by atoms with Gasteiger partial charge in [0, 0.05) is 4.83 Å². The van der Waals surface area contributed by atoms with Crippen LogP contribution in [0.3, 0.4) is 0 Å². The van der Waals surface area contributed by atoms with Gasteiger partial charge in [0.1, 0.15) is 0 Å².